The van der Waals surface area contributed by atoms with Crippen molar-refractivity contribution in [2.45, 2.75) is 6.92 Å². The molecule has 4 heteroatoms. The molecule has 3 rings (SSSR count). The maximum Gasteiger partial charge on any atom is 0.139 e. The molecule has 0 atom stereocenters. The molecule has 0 saturated carbocycles. The van der Waals surface area contributed by atoms with Crippen LogP contribution in [0.1, 0.15) is 6.92 Å². The molecular formula is C15H15N3O. The van der Waals surface area contributed by atoms with Crippen LogP contribution in [0.4, 0.5) is 5.69 Å². The molecule has 0 spiro atoms. The van der Waals surface area contributed by atoms with Crippen LogP contribution in [0, 0.1) is 0 Å². The van der Waals surface area contributed by atoms with Gasteiger partial charge in [0.05, 0.1) is 12.3 Å². The molecule has 0 aliphatic rings. The van der Waals surface area contributed by atoms with E-state index in [1.165, 1.54) is 0 Å². The number of nitrogens with zero attached hydrogens (tertiary/aromatic N) is 1. The zero-order valence-corrected chi connectivity index (χ0v) is 10.7. The van der Waals surface area contributed by atoms with Crippen LogP contribution < -0.4 is 10.5 Å². The summed E-state index contributed by atoms with van der Waals surface area (Å²) in [6.45, 7) is 2.64. The summed E-state index contributed by atoms with van der Waals surface area (Å²) in [5.41, 5.74) is 9.69. The van der Waals surface area contributed by atoms with Gasteiger partial charge in [0.2, 0.25) is 0 Å². The number of pyridine rings is 1. The van der Waals surface area contributed by atoms with E-state index in [9.17, 15) is 0 Å². The Morgan fingerprint density at radius 1 is 1.21 bits per heavy atom. The first-order chi connectivity index (χ1) is 9.29. The van der Waals surface area contributed by atoms with Crippen LogP contribution in [0.3, 0.4) is 0 Å². The third-order valence-electron chi connectivity index (χ3n) is 3.08. The first kappa shape index (κ1) is 11.6. The summed E-state index contributed by atoms with van der Waals surface area (Å²) in [5.74, 6) is 0.874. The fraction of sp³-hybridized carbons (Fsp3) is 0.133. The van der Waals surface area contributed by atoms with Crippen LogP contribution in [-0.2, 0) is 0 Å². The highest BCUT2D eigenvalue weighted by Gasteiger charge is 2.09. The Balaban J connectivity index is 2.11. The zero-order valence-electron chi connectivity index (χ0n) is 10.7. The van der Waals surface area contributed by atoms with Crippen LogP contribution in [-0.4, -0.2) is 16.6 Å². The van der Waals surface area contributed by atoms with E-state index in [0.29, 0.717) is 12.3 Å². The van der Waals surface area contributed by atoms with Gasteiger partial charge in [-0.1, -0.05) is 12.1 Å². The lowest BCUT2D eigenvalue weighted by Crippen LogP contribution is -1.91. The van der Waals surface area contributed by atoms with E-state index in [0.717, 1.165) is 27.9 Å². The van der Waals surface area contributed by atoms with Crippen molar-refractivity contribution in [1.29, 1.82) is 0 Å². The van der Waals surface area contributed by atoms with Crippen molar-refractivity contribution in [2.24, 2.45) is 0 Å². The predicted octanol–water partition coefficient (Wildman–Crippen LogP) is 3.21. The van der Waals surface area contributed by atoms with E-state index in [1.54, 1.807) is 12.4 Å². The minimum Gasteiger partial charge on any atom is -0.494 e. The summed E-state index contributed by atoms with van der Waals surface area (Å²) in [6.07, 6.45) is 3.56. The highest BCUT2D eigenvalue weighted by atomic mass is 16.5. The lowest BCUT2D eigenvalue weighted by Gasteiger charge is -2.06. The van der Waals surface area contributed by atoms with Gasteiger partial charge in [-0.2, -0.15) is 0 Å². The molecule has 0 amide bonds. The summed E-state index contributed by atoms with van der Waals surface area (Å²) in [6, 6.07) is 9.97. The molecule has 0 saturated heterocycles. The number of H-pyrrole nitrogens is 1. The summed E-state index contributed by atoms with van der Waals surface area (Å²) in [5, 5.41) is 0.964. The van der Waals surface area contributed by atoms with Crippen molar-refractivity contribution >= 4 is 16.7 Å². The van der Waals surface area contributed by atoms with Gasteiger partial charge in [0.25, 0.3) is 0 Å². The van der Waals surface area contributed by atoms with E-state index in [4.69, 9.17) is 10.5 Å². The molecule has 0 radical (unpaired) electrons. The fourth-order valence-electron chi connectivity index (χ4n) is 2.22. The average molecular weight is 253 g/mol. The molecular weight excluding hydrogens is 238 g/mol. The Kier molecular flexibility index (Phi) is 2.83. The van der Waals surface area contributed by atoms with E-state index in [2.05, 4.69) is 9.97 Å². The normalized spacial score (nSPS) is 10.8. The Bertz CT molecular complexity index is 701. The number of hydrogen-bond donors (Lipinski definition) is 2. The van der Waals surface area contributed by atoms with Crippen LogP contribution >= 0.6 is 0 Å². The molecule has 0 aliphatic heterocycles. The van der Waals surface area contributed by atoms with Gasteiger partial charge in [-0.15, -0.1) is 0 Å². The van der Waals surface area contributed by atoms with Crippen molar-refractivity contribution in [1.82, 2.24) is 9.97 Å². The number of nitrogens with two attached hydrogens (primary N) is 1. The number of rotatable bonds is 3. The standard InChI is InChI=1S/C15H15N3O/c1-2-19-11-5-3-10(4-6-11)12-7-8-17-15-14(12)13(16)9-18-15/h3-9H,2,16H2,1H3,(H,17,18). The second-order valence-corrected chi connectivity index (χ2v) is 4.28. The molecule has 2 aromatic heterocycles. The van der Waals surface area contributed by atoms with Gasteiger partial charge >= 0.3 is 0 Å². The second-order valence-electron chi connectivity index (χ2n) is 4.28. The van der Waals surface area contributed by atoms with Gasteiger partial charge in [-0.25, -0.2) is 4.98 Å². The second kappa shape index (κ2) is 4.65. The summed E-state index contributed by atoms with van der Waals surface area (Å²) >= 11 is 0. The van der Waals surface area contributed by atoms with Crippen molar-refractivity contribution < 1.29 is 4.74 Å². The fourth-order valence-corrected chi connectivity index (χ4v) is 2.22. The van der Waals surface area contributed by atoms with Crippen LogP contribution in [0.15, 0.2) is 42.7 Å². The van der Waals surface area contributed by atoms with Gasteiger partial charge in [0.15, 0.2) is 0 Å². The van der Waals surface area contributed by atoms with Crippen LogP contribution in [0.2, 0.25) is 0 Å². The number of anilines is 1. The minimum atomic E-state index is 0.670. The van der Waals surface area contributed by atoms with Crippen molar-refractivity contribution in [3.05, 3.63) is 42.7 Å². The van der Waals surface area contributed by atoms with Gasteiger partial charge in [0.1, 0.15) is 11.4 Å². The monoisotopic (exact) mass is 253 g/mol. The van der Waals surface area contributed by atoms with Gasteiger partial charge in [-0.05, 0) is 36.2 Å². The minimum absolute atomic E-state index is 0.670. The molecule has 0 unspecified atom stereocenters. The molecule has 0 bridgehead atoms. The number of benzene rings is 1. The highest BCUT2D eigenvalue weighted by molar-refractivity contribution is 6.01. The Hall–Kier alpha value is -2.49. The third-order valence-corrected chi connectivity index (χ3v) is 3.08. The number of nitrogen functional groups attached to an aromatic ring is 1. The van der Waals surface area contributed by atoms with E-state index >= 15 is 0 Å². The summed E-state index contributed by atoms with van der Waals surface area (Å²) in [4.78, 5) is 7.34. The summed E-state index contributed by atoms with van der Waals surface area (Å²) in [7, 11) is 0. The van der Waals surface area contributed by atoms with Crippen LogP contribution in [0.5, 0.6) is 5.75 Å². The lowest BCUT2D eigenvalue weighted by molar-refractivity contribution is 0.340. The third kappa shape index (κ3) is 2.01. The van der Waals surface area contributed by atoms with Crippen LogP contribution in [0.25, 0.3) is 22.2 Å². The SMILES string of the molecule is CCOc1ccc(-c2ccnc3[nH]cc(N)c23)cc1. The number of ether oxygens (including phenoxy) is 1. The number of aromatic nitrogens is 2. The molecule has 4 nitrogen and oxygen atoms in total. The maximum absolute atomic E-state index is 6.00. The molecule has 0 aliphatic carbocycles. The summed E-state index contributed by atoms with van der Waals surface area (Å²) < 4.78 is 5.45. The predicted molar refractivity (Wildman–Crippen MR) is 77.1 cm³/mol. The number of hydrogen-bond acceptors (Lipinski definition) is 3. The van der Waals surface area contributed by atoms with Crippen molar-refractivity contribution in [3.63, 3.8) is 0 Å². The van der Waals surface area contributed by atoms with Crippen molar-refractivity contribution in [2.75, 3.05) is 12.3 Å². The number of nitrogens with one attached hydrogen (secondary N) is 1. The zero-order chi connectivity index (χ0) is 13.2. The molecule has 0 fully saturated rings. The molecule has 3 N–H and O–H groups in total. The largest absolute Gasteiger partial charge is 0.494 e. The molecule has 19 heavy (non-hydrogen) atoms. The Labute approximate surface area is 111 Å². The topological polar surface area (TPSA) is 63.9 Å². The molecule has 1 aromatic carbocycles. The highest BCUT2D eigenvalue weighted by Crippen LogP contribution is 2.31. The maximum atomic E-state index is 6.00. The van der Waals surface area contributed by atoms with E-state index in [-0.39, 0.29) is 0 Å². The Morgan fingerprint density at radius 2 is 2.00 bits per heavy atom. The number of aromatic amines is 1. The van der Waals surface area contributed by atoms with E-state index in [1.807, 2.05) is 37.3 Å². The van der Waals surface area contributed by atoms with Crippen molar-refractivity contribution in [3.8, 4) is 16.9 Å². The molecule has 2 heterocycles. The molecule has 3 aromatic rings. The first-order valence-corrected chi connectivity index (χ1v) is 6.24. The quantitative estimate of drug-likeness (QED) is 0.753. The van der Waals surface area contributed by atoms with Gasteiger partial charge in [-0.3, -0.25) is 0 Å². The van der Waals surface area contributed by atoms with Gasteiger partial charge in [0, 0.05) is 17.8 Å². The van der Waals surface area contributed by atoms with Gasteiger partial charge < -0.3 is 15.5 Å². The van der Waals surface area contributed by atoms with E-state index < -0.39 is 0 Å². The smallest absolute Gasteiger partial charge is 0.139 e. The lowest BCUT2D eigenvalue weighted by atomic mass is 10.0. The number of fused-ring (bicyclic) bond motifs is 1. The first-order valence-electron chi connectivity index (χ1n) is 6.24. The molecule has 96 valence electrons. The average Bonchev–Trinajstić information content (AvgIpc) is 2.82. The Morgan fingerprint density at radius 3 is 2.74 bits per heavy atom.